The minimum atomic E-state index is -0.616. The molecule has 2 aromatic rings. The second kappa shape index (κ2) is 8.12. The van der Waals surface area contributed by atoms with Crippen LogP contribution in [0.1, 0.15) is 10.4 Å². The Bertz CT molecular complexity index is 849. The summed E-state index contributed by atoms with van der Waals surface area (Å²) >= 11 is 5.02. The van der Waals surface area contributed by atoms with Crippen molar-refractivity contribution < 1.29 is 24.3 Å². The number of hydrogen-bond acceptors (Lipinski definition) is 7. The fraction of sp³-hybridized carbons (Fsp3) is 0.125. The average Bonchev–Trinajstić information content (AvgIpc) is 2.62. The molecule has 0 saturated heterocycles. The normalized spacial score (nSPS) is 9.92. The number of amides is 1. The Morgan fingerprint density at radius 2 is 1.77 bits per heavy atom. The summed E-state index contributed by atoms with van der Waals surface area (Å²) in [7, 11) is 2.90. The molecule has 0 radical (unpaired) electrons. The van der Waals surface area contributed by atoms with Gasteiger partial charge in [-0.2, -0.15) is 0 Å². The van der Waals surface area contributed by atoms with E-state index in [-0.39, 0.29) is 27.8 Å². The lowest BCUT2D eigenvalue weighted by Crippen LogP contribution is -2.34. The zero-order valence-corrected chi connectivity index (χ0v) is 14.6. The average molecular weight is 377 g/mol. The number of methoxy groups -OCH3 is 2. The molecule has 0 saturated carbocycles. The summed E-state index contributed by atoms with van der Waals surface area (Å²) < 4.78 is 10.2. The van der Waals surface area contributed by atoms with Crippen LogP contribution in [-0.2, 0) is 0 Å². The molecule has 136 valence electrons. The standard InChI is InChI=1S/C16H15N3O6S/c1-24-11-5-9(6-12(8-11)25-2)15(21)18-16(26)17-13-7-10(19(22)23)3-4-14(13)20/h3-8,20H,1-2H3,(H2,17,18,21,26). The summed E-state index contributed by atoms with van der Waals surface area (Å²) in [6, 6.07) is 7.98. The molecule has 0 aliphatic carbocycles. The number of anilines is 1. The van der Waals surface area contributed by atoms with Gasteiger partial charge in [-0.3, -0.25) is 20.2 Å². The highest BCUT2D eigenvalue weighted by Crippen LogP contribution is 2.28. The van der Waals surface area contributed by atoms with Crippen molar-refractivity contribution in [3.8, 4) is 17.2 Å². The maximum absolute atomic E-state index is 12.3. The number of nitro groups is 1. The SMILES string of the molecule is COc1cc(OC)cc(C(=O)NC(=S)Nc2cc([N+](=O)[O-])ccc2O)c1. The third kappa shape index (κ3) is 4.57. The molecule has 0 bridgehead atoms. The highest BCUT2D eigenvalue weighted by molar-refractivity contribution is 7.80. The highest BCUT2D eigenvalue weighted by Gasteiger charge is 2.14. The Labute approximate surface area is 153 Å². The number of phenolic OH excluding ortho intramolecular Hbond substituents is 1. The van der Waals surface area contributed by atoms with Gasteiger partial charge < -0.3 is 19.9 Å². The van der Waals surface area contributed by atoms with Crippen LogP contribution in [0.25, 0.3) is 0 Å². The van der Waals surface area contributed by atoms with Gasteiger partial charge in [0.05, 0.1) is 24.8 Å². The number of nitrogens with zero attached hydrogens (tertiary/aromatic N) is 1. The van der Waals surface area contributed by atoms with Crippen LogP contribution in [-0.4, -0.2) is 35.3 Å². The van der Waals surface area contributed by atoms with Crippen molar-refractivity contribution in [3.05, 3.63) is 52.1 Å². The van der Waals surface area contributed by atoms with E-state index in [2.05, 4.69) is 10.6 Å². The van der Waals surface area contributed by atoms with Gasteiger partial charge in [-0.1, -0.05) is 0 Å². The maximum atomic E-state index is 12.3. The molecule has 2 aromatic carbocycles. The van der Waals surface area contributed by atoms with Crippen molar-refractivity contribution in [2.45, 2.75) is 0 Å². The first-order chi connectivity index (χ1) is 12.3. The van der Waals surface area contributed by atoms with Gasteiger partial charge in [0.15, 0.2) is 5.11 Å². The lowest BCUT2D eigenvalue weighted by atomic mass is 10.2. The first-order valence-electron chi connectivity index (χ1n) is 7.17. The van der Waals surface area contributed by atoms with Crippen molar-refractivity contribution in [2.75, 3.05) is 19.5 Å². The van der Waals surface area contributed by atoms with E-state index in [1.165, 1.54) is 26.4 Å². The van der Waals surface area contributed by atoms with Gasteiger partial charge in [-0.15, -0.1) is 0 Å². The van der Waals surface area contributed by atoms with Crippen molar-refractivity contribution in [3.63, 3.8) is 0 Å². The maximum Gasteiger partial charge on any atom is 0.271 e. The van der Waals surface area contributed by atoms with Gasteiger partial charge in [-0.25, -0.2) is 0 Å². The Balaban J connectivity index is 2.14. The van der Waals surface area contributed by atoms with Crippen molar-refractivity contribution in [1.29, 1.82) is 0 Å². The zero-order valence-electron chi connectivity index (χ0n) is 13.8. The molecule has 3 N–H and O–H groups in total. The molecule has 26 heavy (non-hydrogen) atoms. The summed E-state index contributed by atoms with van der Waals surface area (Å²) in [6.07, 6.45) is 0. The molecular weight excluding hydrogens is 362 g/mol. The Hall–Kier alpha value is -3.40. The molecular formula is C16H15N3O6S. The second-order valence-corrected chi connectivity index (χ2v) is 5.38. The Kier molecular flexibility index (Phi) is 5.91. The van der Waals surface area contributed by atoms with Crippen molar-refractivity contribution in [1.82, 2.24) is 5.32 Å². The number of carbonyl (C=O) groups is 1. The number of carbonyl (C=O) groups excluding carboxylic acids is 1. The van der Waals surface area contributed by atoms with Crippen LogP contribution in [0, 0.1) is 10.1 Å². The van der Waals surface area contributed by atoms with Crippen LogP contribution in [0.15, 0.2) is 36.4 Å². The number of ether oxygens (including phenoxy) is 2. The number of nitrogens with one attached hydrogen (secondary N) is 2. The topological polar surface area (TPSA) is 123 Å². The van der Waals surface area contributed by atoms with Crippen LogP contribution in [0.4, 0.5) is 11.4 Å². The molecule has 0 fully saturated rings. The lowest BCUT2D eigenvalue weighted by Gasteiger charge is -2.12. The van der Waals surface area contributed by atoms with Gasteiger partial charge in [0.2, 0.25) is 0 Å². The molecule has 9 nitrogen and oxygen atoms in total. The van der Waals surface area contributed by atoms with Crippen molar-refractivity contribution in [2.24, 2.45) is 0 Å². The fourth-order valence-electron chi connectivity index (χ4n) is 2.01. The Morgan fingerprint density at radius 1 is 1.15 bits per heavy atom. The largest absolute Gasteiger partial charge is 0.506 e. The van der Waals surface area contributed by atoms with Crippen LogP contribution < -0.4 is 20.1 Å². The van der Waals surface area contributed by atoms with Crippen molar-refractivity contribution >= 4 is 34.6 Å². The summed E-state index contributed by atoms with van der Waals surface area (Å²) in [5, 5.41) is 25.4. The molecule has 0 heterocycles. The fourth-order valence-corrected chi connectivity index (χ4v) is 2.21. The molecule has 0 unspecified atom stereocenters. The minimum absolute atomic E-state index is 0.00674. The van der Waals surface area contributed by atoms with Crippen LogP contribution in [0.3, 0.4) is 0 Å². The van der Waals surface area contributed by atoms with E-state index in [4.69, 9.17) is 21.7 Å². The summed E-state index contributed by atoms with van der Waals surface area (Å²) in [5.74, 6) is 0.0364. The van der Waals surface area contributed by atoms with E-state index in [0.29, 0.717) is 11.5 Å². The third-order valence-corrected chi connectivity index (χ3v) is 3.48. The van der Waals surface area contributed by atoms with E-state index >= 15 is 0 Å². The van der Waals surface area contributed by atoms with E-state index in [0.717, 1.165) is 18.2 Å². The zero-order chi connectivity index (χ0) is 19.3. The van der Waals surface area contributed by atoms with Gasteiger partial charge >= 0.3 is 0 Å². The number of hydrogen-bond donors (Lipinski definition) is 3. The monoisotopic (exact) mass is 377 g/mol. The first-order valence-corrected chi connectivity index (χ1v) is 7.57. The molecule has 2 rings (SSSR count). The first kappa shape index (κ1) is 18.9. The van der Waals surface area contributed by atoms with Gasteiger partial charge in [0, 0.05) is 23.8 Å². The number of non-ortho nitro benzene ring substituents is 1. The summed E-state index contributed by atoms with van der Waals surface area (Å²) in [5.41, 5.74) is -0.0155. The predicted molar refractivity (Wildman–Crippen MR) is 98.0 cm³/mol. The number of rotatable bonds is 5. The molecule has 1 amide bonds. The highest BCUT2D eigenvalue weighted by atomic mass is 32.1. The van der Waals surface area contributed by atoms with Crippen LogP contribution >= 0.6 is 12.2 Å². The third-order valence-electron chi connectivity index (χ3n) is 3.28. The van der Waals surface area contributed by atoms with E-state index < -0.39 is 10.8 Å². The second-order valence-electron chi connectivity index (χ2n) is 4.97. The number of benzene rings is 2. The number of nitro benzene ring substituents is 1. The smallest absolute Gasteiger partial charge is 0.271 e. The molecule has 10 heteroatoms. The number of phenols is 1. The Morgan fingerprint density at radius 3 is 2.31 bits per heavy atom. The summed E-state index contributed by atoms with van der Waals surface area (Å²) in [6.45, 7) is 0. The molecule has 0 aromatic heterocycles. The van der Waals surface area contributed by atoms with E-state index in [1.807, 2.05) is 0 Å². The molecule has 0 spiro atoms. The number of aromatic hydroxyl groups is 1. The predicted octanol–water partition coefficient (Wildman–Crippen LogP) is 2.44. The summed E-state index contributed by atoms with van der Waals surface area (Å²) in [4.78, 5) is 22.5. The lowest BCUT2D eigenvalue weighted by molar-refractivity contribution is -0.384. The minimum Gasteiger partial charge on any atom is -0.506 e. The van der Waals surface area contributed by atoms with Gasteiger partial charge in [0.1, 0.15) is 17.2 Å². The molecule has 0 aliphatic rings. The molecule has 0 atom stereocenters. The van der Waals surface area contributed by atoms with Crippen LogP contribution in [0.2, 0.25) is 0 Å². The quantitative estimate of drug-likeness (QED) is 0.314. The van der Waals surface area contributed by atoms with Gasteiger partial charge in [0.25, 0.3) is 11.6 Å². The van der Waals surface area contributed by atoms with E-state index in [9.17, 15) is 20.0 Å². The van der Waals surface area contributed by atoms with Crippen LogP contribution in [0.5, 0.6) is 17.2 Å². The number of thiocarbonyl (C=S) groups is 1. The molecule has 0 aliphatic heterocycles. The van der Waals surface area contributed by atoms with Gasteiger partial charge in [-0.05, 0) is 30.4 Å². The van der Waals surface area contributed by atoms with E-state index in [1.54, 1.807) is 6.07 Å².